The van der Waals surface area contributed by atoms with Crippen molar-refractivity contribution in [1.29, 1.82) is 0 Å². The molecule has 1 aromatic rings. The predicted molar refractivity (Wildman–Crippen MR) is 72.9 cm³/mol. The normalized spacial score (nSPS) is 19.9. The number of hydrogen-bond donors (Lipinski definition) is 1. The molecule has 1 aliphatic rings. The van der Waals surface area contributed by atoms with Gasteiger partial charge in [0.05, 0.1) is 0 Å². The van der Waals surface area contributed by atoms with E-state index >= 15 is 0 Å². The van der Waals surface area contributed by atoms with Crippen molar-refractivity contribution in [2.24, 2.45) is 5.73 Å². The Labute approximate surface area is 106 Å². The van der Waals surface area contributed by atoms with Crippen LogP contribution in [0.1, 0.15) is 25.3 Å². The first kappa shape index (κ1) is 11.9. The molecule has 0 amide bonds. The van der Waals surface area contributed by atoms with Crippen LogP contribution in [-0.4, -0.2) is 18.6 Å². The van der Waals surface area contributed by atoms with Crippen molar-refractivity contribution in [3.05, 3.63) is 28.2 Å². The summed E-state index contributed by atoms with van der Waals surface area (Å²) in [5, 5.41) is 0. The number of anilines is 1. The second-order valence-corrected chi connectivity index (χ2v) is 5.93. The summed E-state index contributed by atoms with van der Waals surface area (Å²) in [4.78, 5) is 2.42. The van der Waals surface area contributed by atoms with E-state index in [1.165, 1.54) is 15.7 Å². The van der Waals surface area contributed by atoms with Crippen LogP contribution < -0.4 is 10.6 Å². The summed E-state index contributed by atoms with van der Waals surface area (Å²) in [6.45, 7) is 6.38. The molecular weight excluding hydrogens is 264 g/mol. The Morgan fingerprint density at radius 3 is 2.50 bits per heavy atom. The lowest BCUT2D eigenvalue weighted by molar-refractivity contribution is 0.364. The smallest absolute Gasteiger partial charge is 0.0377 e. The fourth-order valence-electron chi connectivity index (χ4n) is 2.05. The lowest BCUT2D eigenvalue weighted by Gasteiger charge is -2.38. The monoisotopic (exact) mass is 282 g/mol. The van der Waals surface area contributed by atoms with Crippen LogP contribution >= 0.6 is 15.9 Å². The quantitative estimate of drug-likeness (QED) is 0.858. The highest BCUT2D eigenvalue weighted by atomic mass is 79.9. The lowest BCUT2D eigenvalue weighted by atomic mass is 9.91. The molecule has 1 aromatic carbocycles. The molecule has 2 rings (SSSR count). The van der Waals surface area contributed by atoms with E-state index in [2.05, 4.69) is 52.9 Å². The minimum Gasteiger partial charge on any atom is -0.371 e. The van der Waals surface area contributed by atoms with Gasteiger partial charge in [-0.2, -0.15) is 0 Å². The van der Waals surface area contributed by atoms with Gasteiger partial charge in [0, 0.05) is 28.8 Å². The molecular formula is C13H19BrN2. The summed E-state index contributed by atoms with van der Waals surface area (Å²) < 4.78 is 1.19. The Morgan fingerprint density at radius 1 is 1.31 bits per heavy atom. The molecule has 2 N–H and O–H groups in total. The maximum absolute atomic E-state index is 6.14. The molecule has 0 aliphatic carbocycles. The van der Waals surface area contributed by atoms with Gasteiger partial charge in [0.2, 0.25) is 0 Å². The number of piperidine rings is 1. The molecule has 0 aromatic heterocycles. The van der Waals surface area contributed by atoms with Gasteiger partial charge in [0.1, 0.15) is 0 Å². The van der Waals surface area contributed by atoms with E-state index in [0.29, 0.717) is 0 Å². The van der Waals surface area contributed by atoms with Crippen LogP contribution in [0.25, 0.3) is 0 Å². The van der Waals surface area contributed by atoms with Crippen molar-refractivity contribution in [3.8, 4) is 0 Å². The summed E-state index contributed by atoms with van der Waals surface area (Å²) in [5.41, 5.74) is 8.74. The zero-order valence-electron chi connectivity index (χ0n) is 9.96. The number of nitrogens with zero attached hydrogens (tertiary/aromatic N) is 1. The van der Waals surface area contributed by atoms with Crippen LogP contribution in [0.15, 0.2) is 22.7 Å². The third kappa shape index (κ3) is 2.58. The van der Waals surface area contributed by atoms with Crippen LogP contribution in [0, 0.1) is 6.92 Å². The van der Waals surface area contributed by atoms with Crippen molar-refractivity contribution in [2.75, 3.05) is 18.0 Å². The standard InChI is InChI=1S/C13H19BrN2/c1-10-3-4-11(9-12(10)14)16-7-5-13(2,15)6-8-16/h3-4,9H,5-8,15H2,1-2H3. The molecule has 0 radical (unpaired) electrons. The third-order valence-corrected chi connectivity index (χ3v) is 4.28. The molecule has 0 bridgehead atoms. The van der Waals surface area contributed by atoms with Crippen LogP contribution in [0.4, 0.5) is 5.69 Å². The number of hydrogen-bond acceptors (Lipinski definition) is 2. The molecule has 2 nitrogen and oxygen atoms in total. The van der Waals surface area contributed by atoms with E-state index in [9.17, 15) is 0 Å². The topological polar surface area (TPSA) is 29.3 Å². The van der Waals surface area contributed by atoms with Crippen LogP contribution in [0.5, 0.6) is 0 Å². The zero-order valence-corrected chi connectivity index (χ0v) is 11.5. The van der Waals surface area contributed by atoms with Gasteiger partial charge in [-0.25, -0.2) is 0 Å². The van der Waals surface area contributed by atoms with Crippen molar-refractivity contribution >= 4 is 21.6 Å². The second-order valence-electron chi connectivity index (χ2n) is 5.07. The molecule has 1 heterocycles. The van der Waals surface area contributed by atoms with Gasteiger partial charge in [-0.15, -0.1) is 0 Å². The van der Waals surface area contributed by atoms with E-state index in [1.54, 1.807) is 0 Å². The van der Waals surface area contributed by atoms with Crippen LogP contribution in [0.3, 0.4) is 0 Å². The number of nitrogens with two attached hydrogens (primary N) is 1. The molecule has 0 saturated carbocycles. The minimum absolute atomic E-state index is 0.0262. The maximum atomic E-state index is 6.14. The third-order valence-electron chi connectivity index (χ3n) is 3.43. The lowest BCUT2D eigenvalue weighted by Crippen LogP contribution is -2.48. The molecule has 0 atom stereocenters. The fraction of sp³-hybridized carbons (Fsp3) is 0.538. The summed E-state index contributed by atoms with van der Waals surface area (Å²) in [5.74, 6) is 0. The molecule has 0 unspecified atom stereocenters. The molecule has 3 heteroatoms. The Kier molecular flexibility index (Phi) is 3.27. The largest absolute Gasteiger partial charge is 0.371 e. The van der Waals surface area contributed by atoms with Crippen LogP contribution in [0.2, 0.25) is 0 Å². The molecule has 88 valence electrons. The highest BCUT2D eigenvalue weighted by molar-refractivity contribution is 9.10. The van der Waals surface area contributed by atoms with Gasteiger partial charge in [-0.05, 0) is 44.4 Å². The number of benzene rings is 1. The van der Waals surface area contributed by atoms with Crippen molar-refractivity contribution in [3.63, 3.8) is 0 Å². The maximum Gasteiger partial charge on any atom is 0.0377 e. The molecule has 16 heavy (non-hydrogen) atoms. The van der Waals surface area contributed by atoms with Crippen molar-refractivity contribution < 1.29 is 0 Å². The number of aryl methyl sites for hydroxylation is 1. The van der Waals surface area contributed by atoms with E-state index in [0.717, 1.165) is 25.9 Å². The van der Waals surface area contributed by atoms with Crippen molar-refractivity contribution in [2.45, 2.75) is 32.2 Å². The highest BCUT2D eigenvalue weighted by Crippen LogP contribution is 2.27. The van der Waals surface area contributed by atoms with Gasteiger partial charge in [-0.1, -0.05) is 22.0 Å². The first-order chi connectivity index (χ1) is 7.48. The highest BCUT2D eigenvalue weighted by Gasteiger charge is 2.25. The molecule has 0 spiro atoms. The van der Waals surface area contributed by atoms with Crippen LogP contribution in [-0.2, 0) is 0 Å². The molecule has 1 aliphatic heterocycles. The Hall–Kier alpha value is -0.540. The minimum atomic E-state index is 0.0262. The summed E-state index contributed by atoms with van der Waals surface area (Å²) in [6, 6.07) is 6.56. The van der Waals surface area contributed by atoms with Gasteiger partial charge >= 0.3 is 0 Å². The SMILES string of the molecule is Cc1ccc(N2CCC(C)(N)CC2)cc1Br. The average molecular weight is 283 g/mol. The first-order valence-electron chi connectivity index (χ1n) is 5.78. The average Bonchev–Trinajstić information content (AvgIpc) is 2.22. The summed E-state index contributed by atoms with van der Waals surface area (Å²) in [6.07, 6.45) is 2.14. The fourth-order valence-corrected chi connectivity index (χ4v) is 2.42. The second kappa shape index (κ2) is 4.38. The van der Waals surface area contributed by atoms with E-state index in [1.807, 2.05) is 0 Å². The van der Waals surface area contributed by atoms with E-state index < -0.39 is 0 Å². The van der Waals surface area contributed by atoms with E-state index in [4.69, 9.17) is 5.73 Å². The van der Waals surface area contributed by atoms with Crippen molar-refractivity contribution in [1.82, 2.24) is 0 Å². The Balaban J connectivity index is 2.11. The molecule has 1 saturated heterocycles. The summed E-state index contributed by atoms with van der Waals surface area (Å²) >= 11 is 3.58. The number of rotatable bonds is 1. The Bertz CT molecular complexity index is 378. The van der Waals surface area contributed by atoms with E-state index in [-0.39, 0.29) is 5.54 Å². The van der Waals surface area contributed by atoms with Gasteiger partial charge in [0.25, 0.3) is 0 Å². The van der Waals surface area contributed by atoms with Gasteiger partial charge in [-0.3, -0.25) is 0 Å². The zero-order chi connectivity index (χ0) is 11.8. The summed E-state index contributed by atoms with van der Waals surface area (Å²) in [7, 11) is 0. The number of halogens is 1. The van der Waals surface area contributed by atoms with Gasteiger partial charge in [0.15, 0.2) is 0 Å². The predicted octanol–water partition coefficient (Wildman–Crippen LogP) is 3.08. The Morgan fingerprint density at radius 2 is 1.94 bits per heavy atom. The molecule has 1 fully saturated rings. The van der Waals surface area contributed by atoms with Gasteiger partial charge < -0.3 is 10.6 Å². The first-order valence-corrected chi connectivity index (χ1v) is 6.57.